The lowest BCUT2D eigenvalue weighted by atomic mass is 10.0. The number of carbonyl (C=O) groups is 1. The molecule has 21 heavy (non-hydrogen) atoms. The molecule has 0 unspecified atom stereocenters. The summed E-state index contributed by atoms with van der Waals surface area (Å²) in [5, 5.41) is 0. The number of amides is 1. The highest BCUT2D eigenvalue weighted by atomic mass is 79.9. The zero-order valence-corrected chi connectivity index (χ0v) is 13.9. The largest absolute Gasteiger partial charge is 0.338 e. The van der Waals surface area contributed by atoms with Gasteiger partial charge in [0.15, 0.2) is 0 Å². The van der Waals surface area contributed by atoms with E-state index in [2.05, 4.69) is 27.8 Å². The van der Waals surface area contributed by atoms with Gasteiger partial charge in [0.2, 0.25) is 5.91 Å². The molecule has 1 aromatic heterocycles. The number of pyridine rings is 1. The smallest absolute Gasteiger partial charge is 0.227 e. The summed E-state index contributed by atoms with van der Waals surface area (Å²) in [6.45, 7) is 2.09. The number of halogens is 1. The van der Waals surface area contributed by atoms with E-state index < -0.39 is 0 Å². The lowest BCUT2D eigenvalue weighted by Gasteiger charge is -2.27. The first-order valence-electron chi connectivity index (χ1n) is 7.02. The SMILES string of the molecule is CC[C@@H](c1ccncc1)N(C)C(=O)Cc1cccc(Br)c1. The van der Waals surface area contributed by atoms with E-state index in [9.17, 15) is 4.79 Å². The van der Waals surface area contributed by atoms with Gasteiger partial charge in [-0.25, -0.2) is 0 Å². The molecule has 1 aromatic carbocycles. The summed E-state index contributed by atoms with van der Waals surface area (Å²) in [6, 6.07) is 11.9. The molecule has 1 heterocycles. The van der Waals surface area contributed by atoms with Gasteiger partial charge in [-0.1, -0.05) is 35.0 Å². The average Bonchev–Trinajstić information content (AvgIpc) is 2.49. The Hall–Kier alpha value is -1.68. The average molecular weight is 347 g/mol. The summed E-state index contributed by atoms with van der Waals surface area (Å²) < 4.78 is 0.997. The maximum Gasteiger partial charge on any atom is 0.227 e. The number of aromatic nitrogens is 1. The van der Waals surface area contributed by atoms with Crippen LogP contribution in [-0.2, 0) is 11.2 Å². The number of likely N-dealkylation sites (N-methyl/N-ethyl adjacent to an activating group) is 1. The van der Waals surface area contributed by atoms with Crippen LogP contribution in [-0.4, -0.2) is 22.8 Å². The van der Waals surface area contributed by atoms with Crippen LogP contribution in [0.3, 0.4) is 0 Å². The van der Waals surface area contributed by atoms with Gasteiger partial charge in [0.05, 0.1) is 12.5 Å². The van der Waals surface area contributed by atoms with Crippen molar-refractivity contribution < 1.29 is 4.79 Å². The predicted octanol–water partition coefficient (Wildman–Crippen LogP) is 4.00. The van der Waals surface area contributed by atoms with E-state index >= 15 is 0 Å². The van der Waals surface area contributed by atoms with E-state index in [1.807, 2.05) is 48.3 Å². The Morgan fingerprint density at radius 1 is 1.29 bits per heavy atom. The summed E-state index contributed by atoms with van der Waals surface area (Å²) in [5.74, 6) is 0.122. The molecular formula is C17H19BrN2O. The molecule has 2 rings (SSSR count). The number of rotatable bonds is 5. The number of nitrogens with zero attached hydrogens (tertiary/aromatic N) is 2. The number of hydrogen-bond acceptors (Lipinski definition) is 2. The maximum absolute atomic E-state index is 12.5. The van der Waals surface area contributed by atoms with Crippen LogP contribution in [0.15, 0.2) is 53.3 Å². The van der Waals surface area contributed by atoms with Crippen LogP contribution in [0.5, 0.6) is 0 Å². The highest BCUT2D eigenvalue weighted by Crippen LogP contribution is 2.23. The number of benzene rings is 1. The molecule has 110 valence electrons. The molecule has 0 spiro atoms. The first-order valence-corrected chi connectivity index (χ1v) is 7.81. The van der Waals surface area contributed by atoms with Crippen molar-refractivity contribution in [3.8, 4) is 0 Å². The van der Waals surface area contributed by atoms with E-state index in [0.29, 0.717) is 6.42 Å². The number of carbonyl (C=O) groups excluding carboxylic acids is 1. The Kier molecular flexibility index (Phi) is 5.51. The molecule has 0 radical (unpaired) electrons. The van der Waals surface area contributed by atoms with E-state index in [4.69, 9.17) is 0 Å². The minimum atomic E-state index is 0.0904. The van der Waals surface area contributed by atoms with Crippen molar-refractivity contribution in [2.24, 2.45) is 0 Å². The summed E-state index contributed by atoms with van der Waals surface area (Å²) in [6.07, 6.45) is 4.83. The third-order valence-corrected chi connectivity index (χ3v) is 4.08. The first-order chi connectivity index (χ1) is 10.1. The quantitative estimate of drug-likeness (QED) is 0.819. The molecule has 0 N–H and O–H groups in total. The van der Waals surface area contributed by atoms with Crippen molar-refractivity contribution in [1.29, 1.82) is 0 Å². The number of hydrogen-bond donors (Lipinski definition) is 0. The highest BCUT2D eigenvalue weighted by molar-refractivity contribution is 9.10. The van der Waals surface area contributed by atoms with Crippen molar-refractivity contribution >= 4 is 21.8 Å². The molecule has 0 bridgehead atoms. The minimum absolute atomic E-state index is 0.0904. The van der Waals surface area contributed by atoms with Crippen LogP contribution in [0, 0.1) is 0 Å². The monoisotopic (exact) mass is 346 g/mol. The van der Waals surface area contributed by atoms with Crippen molar-refractivity contribution in [2.45, 2.75) is 25.8 Å². The predicted molar refractivity (Wildman–Crippen MR) is 87.9 cm³/mol. The van der Waals surface area contributed by atoms with Crippen LogP contribution in [0.25, 0.3) is 0 Å². The zero-order valence-electron chi connectivity index (χ0n) is 12.3. The Morgan fingerprint density at radius 3 is 2.62 bits per heavy atom. The van der Waals surface area contributed by atoms with Gasteiger partial charge in [0.1, 0.15) is 0 Å². The standard InChI is InChI=1S/C17H19BrN2O/c1-3-16(14-7-9-19-10-8-14)20(2)17(21)12-13-5-4-6-15(18)11-13/h4-11,16H,3,12H2,1-2H3/t16-/m0/s1. The van der Waals surface area contributed by atoms with Gasteiger partial charge in [-0.2, -0.15) is 0 Å². The van der Waals surface area contributed by atoms with Crippen LogP contribution in [0.1, 0.15) is 30.5 Å². The Bertz CT molecular complexity index is 601. The van der Waals surface area contributed by atoms with Gasteiger partial charge >= 0.3 is 0 Å². The Labute approximate surface area is 134 Å². The van der Waals surface area contributed by atoms with E-state index in [-0.39, 0.29) is 11.9 Å². The van der Waals surface area contributed by atoms with Crippen LogP contribution in [0.2, 0.25) is 0 Å². The summed E-state index contributed by atoms with van der Waals surface area (Å²) in [5.41, 5.74) is 2.14. The van der Waals surface area contributed by atoms with Crippen molar-refractivity contribution in [3.05, 3.63) is 64.4 Å². The van der Waals surface area contributed by atoms with Crippen molar-refractivity contribution in [1.82, 2.24) is 9.88 Å². The molecule has 2 aromatic rings. The van der Waals surface area contributed by atoms with Gasteiger partial charge in [-0.3, -0.25) is 9.78 Å². The van der Waals surface area contributed by atoms with Gasteiger partial charge in [0.25, 0.3) is 0 Å². The Morgan fingerprint density at radius 2 is 2.00 bits per heavy atom. The van der Waals surface area contributed by atoms with Gasteiger partial charge in [0, 0.05) is 23.9 Å². The zero-order chi connectivity index (χ0) is 15.2. The molecular weight excluding hydrogens is 328 g/mol. The Balaban J connectivity index is 2.10. The molecule has 0 aliphatic rings. The third kappa shape index (κ3) is 4.14. The molecule has 0 fully saturated rings. The second-order valence-corrected chi connectivity index (χ2v) is 5.93. The fourth-order valence-corrected chi connectivity index (χ4v) is 2.89. The molecule has 1 atom stereocenters. The van der Waals surface area contributed by atoms with E-state index in [0.717, 1.165) is 22.0 Å². The van der Waals surface area contributed by atoms with Crippen molar-refractivity contribution in [3.63, 3.8) is 0 Å². The van der Waals surface area contributed by atoms with Crippen LogP contribution < -0.4 is 0 Å². The molecule has 3 nitrogen and oxygen atoms in total. The molecule has 1 amide bonds. The molecule has 0 aliphatic heterocycles. The van der Waals surface area contributed by atoms with Gasteiger partial charge in [-0.05, 0) is 41.8 Å². The first kappa shape index (κ1) is 15.7. The van der Waals surface area contributed by atoms with Crippen LogP contribution in [0.4, 0.5) is 0 Å². The summed E-state index contributed by atoms with van der Waals surface area (Å²) in [4.78, 5) is 18.4. The summed E-state index contributed by atoms with van der Waals surface area (Å²) in [7, 11) is 1.87. The molecule has 0 aliphatic carbocycles. The minimum Gasteiger partial charge on any atom is -0.338 e. The lowest BCUT2D eigenvalue weighted by Crippen LogP contribution is -2.32. The highest BCUT2D eigenvalue weighted by Gasteiger charge is 2.20. The fourth-order valence-electron chi connectivity index (χ4n) is 2.44. The van der Waals surface area contributed by atoms with Gasteiger partial charge < -0.3 is 4.90 Å². The fraction of sp³-hybridized carbons (Fsp3) is 0.294. The maximum atomic E-state index is 12.5. The van der Waals surface area contributed by atoms with Crippen molar-refractivity contribution in [2.75, 3.05) is 7.05 Å². The second-order valence-electron chi connectivity index (χ2n) is 5.02. The van der Waals surface area contributed by atoms with E-state index in [1.54, 1.807) is 12.4 Å². The lowest BCUT2D eigenvalue weighted by molar-refractivity contribution is -0.131. The molecule has 0 saturated heterocycles. The van der Waals surface area contributed by atoms with Crippen LogP contribution >= 0.6 is 15.9 Å². The topological polar surface area (TPSA) is 33.2 Å². The molecule has 4 heteroatoms. The van der Waals surface area contributed by atoms with Gasteiger partial charge in [-0.15, -0.1) is 0 Å². The second kappa shape index (κ2) is 7.36. The third-order valence-electron chi connectivity index (χ3n) is 3.58. The molecule has 0 saturated carbocycles. The van der Waals surface area contributed by atoms with E-state index in [1.165, 1.54) is 0 Å². The summed E-state index contributed by atoms with van der Waals surface area (Å²) >= 11 is 3.44. The normalized spacial score (nSPS) is 12.0.